The van der Waals surface area contributed by atoms with E-state index in [1.54, 1.807) is 5.41 Å². The highest BCUT2D eigenvalue weighted by Gasteiger charge is 1.97. The van der Waals surface area contributed by atoms with Crippen LogP contribution in [0.5, 0.6) is 0 Å². The SMILES string of the molecule is Cc1ccc(S(=O)/C=C\CCCCI)cc1. The topological polar surface area (TPSA) is 17.1 Å². The first-order valence-electron chi connectivity index (χ1n) is 5.44. The monoisotopic (exact) mass is 348 g/mol. The highest BCUT2D eigenvalue weighted by atomic mass is 127. The highest BCUT2D eigenvalue weighted by molar-refractivity contribution is 14.1. The lowest BCUT2D eigenvalue weighted by Gasteiger charge is -1.97. The lowest BCUT2D eigenvalue weighted by Crippen LogP contribution is -1.86. The molecule has 0 saturated heterocycles. The second-order valence-corrected chi connectivity index (χ2v) is 6.08. The van der Waals surface area contributed by atoms with Gasteiger partial charge in [0.05, 0.1) is 10.8 Å². The maximum atomic E-state index is 11.8. The lowest BCUT2D eigenvalue weighted by atomic mass is 10.2. The van der Waals surface area contributed by atoms with Crippen LogP contribution in [-0.2, 0) is 10.8 Å². The summed E-state index contributed by atoms with van der Waals surface area (Å²) < 4.78 is 13.0. The summed E-state index contributed by atoms with van der Waals surface area (Å²) in [6, 6.07) is 7.86. The largest absolute Gasteiger partial charge is 0.250 e. The molecule has 1 atom stereocenters. The van der Waals surface area contributed by atoms with Crippen LogP contribution >= 0.6 is 22.6 Å². The van der Waals surface area contributed by atoms with Gasteiger partial charge in [-0.25, -0.2) is 4.21 Å². The third kappa shape index (κ3) is 5.25. The van der Waals surface area contributed by atoms with Crippen LogP contribution in [0.4, 0.5) is 0 Å². The second kappa shape index (κ2) is 8.01. The molecule has 88 valence electrons. The molecule has 0 N–H and O–H groups in total. The number of rotatable bonds is 6. The van der Waals surface area contributed by atoms with Crippen LogP contribution < -0.4 is 0 Å². The third-order valence-electron chi connectivity index (χ3n) is 2.23. The fourth-order valence-corrected chi connectivity index (χ4v) is 2.67. The zero-order valence-electron chi connectivity index (χ0n) is 9.49. The van der Waals surface area contributed by atoms with Crippen molar-refractivity contribution >= 4 is 33.4 Å². The van der Waals surface area contributed by atoms with Gasteiger partial charge in [-0.1, -0.05) is 46.4 Å². The standard InChI is InChI=1S/C13H17IOS/c1-12-6-8-13(9-7-12)16(15)11-5-3-2-4-10-14/h5-9,11H,2-4,10H2,1H3/b11-5-. The summed E-state index contributed by atoms with van der Waals surface area (Å²) in [6.45, 7) is 2.03. The molecule has 0 saturated carbocycles. The summed E-state index contributed by atoms with van der Waals surface area (Å²) in [4.78, 5) is 0.885. The molecule has 3 heteroatoms. The Kier molecular flexibility index (Phi) is 6.96. The minimum atomic E-state index is -0.980. The van der Waals surface area contributed by atoms with Gasteiger partial charge >= 0.3 is 0 Å². The Hall–Kier alpha value is -0.160. The van der Waals surface area contributed by atoms with Crippen LogP contribution in [0.3, 0.4) is 0 Å². The van der Waals surface area contributed by atoms with Crippen molar-refractivity contribution in [2.75, 3.05) is 4.43 Å². The Bertz CT molecular complexity index is 357. The lowest BCUT2D eigenvalue weighted by molar-refractivity contribution is 0.688. The molecule has 0 aliphatic heterocycles. The summed E-state index contributed by atoms with van der Waals surface area (Å²) in [5, 5.41) is 1.80. The van der Waals surface area contributed by atoms with Gasteiger partial charge < -0.3 is 0 Å². The highest BCUT2D eigenvalue weighted by Crippen LogP contribution is 2.10. The molecular weight excluding hydrogens is 331 g/mol. The summed E-state index contributed by atoms with van der Waals surface area (Å²) in [6.07, 6.45) is 5.48. The van der Waals surface area contributed by atoms with Crippen molar-refractivity contribution in [3.05, 3.63) is 41.3 Å². The first kappa shape index (κ1) is 13.9. The Balaban J connectivity index is 2.43. The maximum absolute atomic E-state index is 11.8. The van der Waals surface area contributed by atoms with Crippen LogP contribution in [0.15, 0.2) is 40.6 Å². The Morgan fingerprint density at radius 1 is 1.25 bits per heavy atom. The Morgan fingerprint density at radius 2 is 1.94 bits per heavy atom. The molecule has 0 aliphatic carbocycles. The first-order valence-corrected chi connectivity index (χ1v) is 8.18. The molecule has 0 radical (unpaired) electrons. The van der Waals surface area contributed by atoms with Crippen LogP contribution in [-0.4, -0.2) is 8.64 Å². The van der Waals surface area contributed by atoms with Crippen LogP contribution in [0.2, 0.25) is 0 Å². The van der Waals surface area contributed by atoms with E-state index < -0.39 is 10.8 Å². The molecule has 1 rings (SSSR count). The van der Waals surface area contributed by atoms with E-state index in [0.29, 0.717) is 0 Å². The van der Waals surface area contributed by atoms with Gasteiger partial charge in [-0.3, -0.25) is 0 Å². The quantitative estimate of drug-likeness (QED) is 0.427. The minimum absolute atomic E-state index is 0.885. The first-order chi connectivity index (χ1) is 7.74. The molecule has 1 aromatic rings. The van der Waals surface area contributed by atoms with E-state index in [0.717, 1.165) is 11.3 Å². The summed E-state index contributed by atoms with van der Waals surface area (Å²) >= 11 is 2.38. The zero-order chi connectivity index (χ0) is 11.8. The fraction of sp³-hybridized carbons (Fsp3) is 0.385. The summed E-state index contributed by atoms with van der Waals surface area (Å²) in [7, 11) is -0.980. The maximum Gasteiger partial charge on any atom is 0.0772 e. The predicted molar refractivity (Wildman–Crippen MR) is 79.5 cm³/mol. The number of benzene rings is 1. The Morgan fingerprint density at radius 3 is 2.56 bits per heavy atom. The number of hydrogen-bond donors (Lipinski definition) is 0. The normalized spacial score (nSPS) is 13.1. The molecule has 0 aromatic heterocycles. The van der Waals surface area contributed by atoms with E-state index in [1.165, 1.54) is 22.8 Å². The molecule has 0 aliphatic rings. The fourth-order valence-electron chi connectivity index (χ4n) is 1.26. The molecule has 16 heavy (non-hydrogen) atoms. The van der Waals surface area contributed by atoms with Crippen molar-refractivity contribution in [3.8, 4) is 0 Å². The second-order valence-electron chi connectivity index (χ2n) is 3.67. The van der Waals surface area contributed by atoms with Gasteiger partial charge in [-0.15, -0.1) is 0 Å². The van der Waals surface area contributed by atoms with Gasteiger partial charge in [0.15, 0.2) is 0 Å². The van der Waals surface area contributed by atoms with Gasteiger partial charge in [0.2, 0.25) is 0 Å². The van der Waals surface area contributed by atoms with Crippen molar-refractivity contribution in [1.82, 2.24) is 0 Å². The number of halogens is 1. The third-order valence-corrected chi connectivity index (χ3v) is 4.17. The molecule has 0 amide bonds. The van der Waals surface area contributed by atoms with Gasteiger partial charge in [-0.2, -0.15) is 0 Å². The molecule has 1 nitrogen and oxygen atoms in total. The Labute approximate surface area is 114 Å². The number of aryl methyl sites for hydroxylation is 1. The number of alkyl halides is 1. The minimum Gasteiger partial charge on any atom is -0.250 e. The summed E-state index contributed by atoms with van der Waals surface area (Å²) in [5.41, 5.74) is 1.20. The van der Waals surface area contributed by atoms with Crippen molar-refractivity contribution in [2.24, 2.45) is 0 Å². The summed E-state index contributed by atoms with van der Waals surface area (Å²) in [5.74, 6) is 0. The van der Waals surface area contributed by atoms with Gasteiger partial charge in [-0.05, 0) is 42.7 Å². The molecule has 1 unspecified atom stereocenters. The van der Waals surface area contributed by atoms with E-state index in [4.69, 9.17) is 0 Å². The van der Waals surface area contributed by atoms with E-state index >= 15 is 0 Å². The molecule has 1 aromatic carbocycles. The molecular formula is C13H17IOS. The smallest absolute Gasteiger partial charge is 0.0772 e. The predicted octanol–water partition coefficient (Wildman–Crippen LogP) is 4.22. The molecule has 0 spiro atoms. The van der Waals surface area contributed by atoms with Gasteiger partial charge in [0, 0.05) is 10.3 Å². The van der Waals surface area contributed by atoms with Crippen molar-refractivity contribution in [1.29, 1.82) is 0 Å². The van der Waals surface area contributed by atoms with E-state index in [9.17, 15) is 4.21 Å². The number of allylic oxidation sites excluding steroid dienone is 1. The van der Waals surface area contributed by atoms with E-state index in [1.807, 2.05) is 37.3 Å². The van der Waals surface area contributed by atoms with E-state index in [-0.39, 0.29) is 0 Å². The van der Waals surface area contributed by atoms with Crippen LogP contribution in [0, 0.1) is 6.92 Å². The zero-order valence-corrected chi connectivity index (χ0v) is 12.5. The van der Waals surface area contributed by atoms with Crippen molar-refractivity contribution in [3.63, 3.8) is 0 Å². The molecule has 0 bridgehead atoms. The molecule has 0 fully saturated rings. The van der Waals surface area contributed by atoms with Crippen molar-refractivity contribution in [2.45, 2.75) is 31.1 Å². The van der Waals surface area contributed by atoms with Gasteiger partial charge in [0.25, 0.3) is 0 Å². The number of hydrogen-bond acceptors (Lipinski definition) is 1. The van der Waals surface area contributed by atoms with Crippen LogP contribution in [0.1, 0.15) is 24.8 Å². The number of unbranched alkanes of at least 4 members (excludes halogenated alkanes) is 2. The average molecular weight is 348 g/mol. The van der Waals surface area contributed by atoms with Gasteiger partial charge in [0.1, 0.15) is 0 Å². The van der Waals surface area contributed by atoms with E-state index in [2.05, 4.69) is 22.6 Å². The molecule has 0 heterocycles. The van der Waals surface area contributed by atoms with Crippen molar-refractivity contribution < 1.29 is 4.21 Å². The average Bonchev–Trinajstić information content (AvgIpc) is 2.29. The van der Waals surface area contributed by atoms with Crippen LogP contribution in [0.25, 0.3) is 0 Å².